The number of allylic oxidation sites excluding steroid dienone is 3. The molecule has 0 atom stereocenters. The van der Waals surface area contributed by atoms with Gasteiger partial charge in [0.15, 0.2) is 0 Å². The zero-order valence-corrected chi connectivity index (χ0v) is 28.2. The Balaban J connectivity index is 1.84. The standard InChI is InChI=1S/3C10H13.C8H11.Sn/c3*1-10(2,3)9-7-5-4-6-8-9;1-2-8-6-4-3-5-7-8;/h3*4-8H,1H2,2-3H3;1-2,6H,3-5,7H2;. The zero-order chi connectivity index (χ0) is 28.0. The summed E-state index contributed by atoms with van der Waals surface area (Å²) in [4.78, 5) is 0. The molecule has 4 rings (SSSR count). The molecule has 1 aliphatic rings. The van der Waals surface area contributed by atoms with Gasteiger partial charge in [0.2, 0.25) is 0 Å². The Morgan fingerprint density at radius 3 is 1.28 bits per heavy atom. The van der Waals surface area contributed by atoms with Gasteiger partial charge in [0, 0.05) is 0 Å². The summed E-state index contributed by atoms with van der Waals surface area (Å²) < 4.78 is 6.79. The Kier molecular flexibility index (Phi) is 9.69. The second-order valence-corrected chi connectivity index (χ2v) is 25.8. The van der Waals surface area contributed by atoms with Crippen LogP contribution in [0.4, 0.5) is 0 Å². The van der Waals surface area contributed by atoms with Crippen LogP contribution in [0.25, 0.3) is 0 Å². The zero-order valence-electron chi connectivity index (χ0n) is 25.3. The first kappa shape index (κ1) is 29.9. The van der Waals surface area contributed by atoms with Crippen LogP contribution in [0.3, 0.4) is 0 Å². The van der Waals surface area contributed by atoms with Crippen LogP contribution in [0.1, 0.15) is 83.9 Å². The second-order valence-electron chi connectivity index (χ2n) is 14.0. The van der Waals surface area contributed by atoms with Crippen LogP contribution in [0.15, 0.2) is 113 Å². The molecule has 0 bridgehead atoms. The summed E-state index contributed by atoms with van der Waals surface area (Å²) in [6, 6.07) is 33.9. The number of rotatable bonds is 11. The van der Waals surface area contributed by atoms with E-state index in [4.69, 9.17) is 0 Å². The fraction of sp³-hybridized carbons (Fsp3) is 0.421. The van der Waals surface area contributed by atoms with Gasteiger partial charge in [0.1, 0.15) is 0 Å². The summed E-state index contributed by atoms with van der Waals surface area (Å²) in [5, 5.41) is 0. The first-order valence-electron chi connectivity index (χ1n) is 15.1. The van der Waals surface area contributed by atoms with Crippen molar-refractivity contribution >= 4 is 18.4 Å². The summed E-state index contributed by atoms with van der Waals surface area (Å²) in [5.41, 5.74) is 6.39. The summed E-state index contributed by atoms with van der Waals surface area (Å²) in [6.07, 6.45) is 10.3. The van der Waals surface area contributed by atoms with Gasteiger partial charge in [-0.25, -0.2) is 0 Å². The molecule has 0 nitrogen and oxygen atoms in total. The van der Waals surface area contributed by atoms with Crippen molar-refractivity contribution in [2.45, 2.75) is 96.8 Å². The van der Waals surface area contributed by atoms with Crippen molar-refractivity contribution in [3.63, 3.8) is 0 Å². The third-order valence-corrected chi connectivity index (χ3v) is 25.1. The molecule has 3 aromatic carbocycles. The summed E-state index contributed by atoms with van der Waals surface area (Å²) in [5.74, 6) is 0. The van der Waals surface area contributed by atoms with Crippen molar-refractivity contribution in [3.05, 3.63) is 130 Å². The normalized spacial score (nSPS) is 15.4. The average Bonchev–Trinajstić information content (AvgIpc) is 2.93. The summed E-state index contributed by atoms with van der Waals surface area (Å²) >= 11 is -3.11. The average molecular weight is 626 g/mol. The van der Waals surface area contributed by atoms with Crippen molar-refractivity contribution in [1.82, 2.24) is 0 Å². The van der Waals surface area contributed by atoms with Crippen molar-refractivity contribution in [3.8, 4) is 0 Å². The molecule has 39 heavy (non-hydrogen) atoms. The van der Waals surface area contributed by atoms with Gasteiger partial charge in [-0.05, 0) is 0 Å². The van der Waals surface area contributed by atoms with E-state index in [9.17, 15) is 0 Å². The van der Waals surface area contributed by atoms with Gasteiger partial charge in [-0.1, -0.05) is 0 Å². The van der Waals surface area contributed by atoms with Gasteiger partial charge >= 0.3 is 245 Å². The first-order valence-corrected chi connectivity index (χ1v) is 22.8. The number of benzene rings is 3. The van der Waals surface area contributed by atoms with Crippen molar-refractivity contribution < 1.29 is 0 Å². The molecule has 3 aromatic rings. The van der Waals surface area contributed by atoms with Gasteiger partial charge in [-0.15, -0.1) is 0 Å². The molecule has 0 fully saturated rings. The quantitative estimate of drug-likeness (QED) is 0.186. The number of hydrogen-bond donors (Lipinski definition) is 0. The summed E-state index contributed by atoms with van der Waals surface area (Å²) in [7, 11) is 0. The van der Waals surface area contributed by atoms with Crippen LogP contribution < -0.4 is 0 Å². The molecule has 0 saturated carbocycles. The third kappa shape index (κ3) is 8.00. The van der Waals surface area contributed by atoms with E-state index in [2.05, 4.69) is 149 Å². The van der Waals surface area contributed by atoms with Crippen molar-refractivity contribution in [2.24, 2.45) is 0 Å². The molecule has 0 amide bonds. The monoisotopic (exact) mass is 626 g/mol. The van der Waals surface area contributed by atoms with E-state index in [0.717, 1.165) is 0 Å². The van der Waals surface area contributed by atoms with Crippen LogP contribution >= 0.6 is 0 Å². The van der Waals surface area contributed by atoms with Crippen molar-refractivity contribution in [2.75, 3.05) is 0 Å². The van der Waals surface area contributed by atoms with E-state index < -0.39 is 18.4 Å². The molecular formula is C38H50Sn. The third-order valence-electron chi connectivity index (χ3n) is 9.02. The first-order chi connectivity index (χ1) is 18.5. The Morgan fingerprint density at radius 2 is 0.949 bits per heavy atom. The van der Waals surface area contributed by atoms with E-state index in [1.54, 1.807) is 5.57 Å². The van der Waals surface area contributed by atoms with Crippen LogP contribution in [0.5, 0.6) is 0 Å². The fourth-order valence-electron chi connectivity index (χ4n) is 7.28. The van der Waals surface area contributed by atoms with Crippen LogP contribution in [-0.2, 0) is 16.2 Å². The molecule has 1 aliphatic carbocycles. The van der Waals surface area contributed by atoms with E-state index in [-0.39, 0.29) is 16.2 Å². The molecule has 0 N–H and O–H groups in total. The molecule has 0 spiro atoms. The predicted molar refractivity (Wildman–Crippen MR) is 174 cm³/mol. The predicted octanol–water partition coefficient (Wildman–Crippen LogP) is 11.0. The SMILES string of the molecule is CC(C)([CH2][Sn](/[CH]=C\C1=CCCCC1)([CH2]C(C)(C)c1ccccc1)[CH2]C(C)(C)c1ccccc1)c1ccccc1. The van der Waals surface area contributed by atoms with Crippen LogP contribution in [0.2, 0.25) is 13.3 Å². The minimum atomic E-state index is -3.11. The topological polar surface area (TPSA) is 0 Å². The van der Waals surface area contributed by atoms with E-state index in [1.165, 1.54) is 55.7 Å². The molecule has 0 unspecified atom stereocenters. The van der Waals surface area contributed by atoms with Gasteiger partial charge in [0.25, 0.3) is 0 Å². The van der Waals surface area contributed by atoms with E-state index in [0.29, 0.717) is 0 Å². The molecule has 206 valence electrons. The van der Waals surface area contributed by atoms with E-state index >= 15 is 0 Å². The molecular weight excluding hydrogens is 575 g/mol. The van der Waals surface area contributed by atoms with E-state index in [1.807, 2.05) is 0 Å². The maximum absolute atomic E-state index is 3.11. The molecule has 0 radical (unpaired) electrons. The molecule has 0 saturated heterocycles. The van der Waals surface area contributed by atoms with Gasteiger partial charge < -0.3 is 0 Å². The summed E-state index contributed by atoms with van der Waals surface area (Å²) in [6.45, 7) is 15.0. The van der Waals surface area contributed by atoms with Crippen LogP contribution in [0, 0.1) is 0 Å². The Hall–Kier alpha value is -2.06. The van der Waals surface area contributed by atoms with Crippen LogP contribution in [-0.4, -0.2) is 18.4 Å². The maximum atomic E-state index is 2.87. The van der Waals surface area contributed by atoms with Gasteiger partial charge in [-0.2, -0.15) is 0 Å². The second kappa shape index (κ2) is 12.6. The van der Waals surface area contributed by atoms with Crippen molar-refractivity contribution in [1.29, 1.82) is 0 Å². The molecule has 0 heterocycles. The Labute approximate surface area is 243 Å². The van der Waals surface area contributed by atoms with Gasteiger partial charge in [0.05, 0.1) is 0 Å². The fourth-order valence-corrected chi connectivity index (χ4v) is 27.8. The Bertz CT molecular complexity index is 1100. The molecule has 0 aliphatic heterocycles. The molecule has 1 heteroatoms. The minimum absolute atomic E-state index is 0.127. The molecule has 0 aromatic heterocycles. The van der Waals surface area contributed by atoms with Gasteiger partial charge in [-0.3, -0.25) is 0 Å². The number of hydrogen-bond acceptors (Lipinski definition) is 0. The Morgan fingerprint density at radius 1 is 0.564 bits per heavy atom.